The molecule has 1 aromatic rings. The summed E-state index contributed by atoms with van der Waals surface area (Å²) in [4.78, 5) is 22.5. The first-order valence-electron chi connectivity index (χ1n) is 4.71. The van der Waals surface area contributed by atoms with Gasteiger partial charge in [-0.15, -0.1) is 0 Å². The Hall–Kier alpha value is -1.36. The lowest BCUT2D eigenvalue weighted by atomic mass is 10.3. The SMILES string of the molecule is O=CN1CCN(c2cnc(Cl)cn2)CC1. The molecule has 1 aliphatic heterocycles. The normalized spacial score (nSPS) is 16.6. The van der Waals surface area contributed by atoms with Crippen LogP contribution < -0.4 is 4.90 Å². The fourth-order valence-electron chi connectivity index (χ4n) is 1.53. The quantitative estimate of drug-likeness (QED) is 0.686. The van der Waals surface area contributed by atoms with E-state index in [4.69, 9.17) is 11.6 Å². The van der Waals surface area contributed by atoms with Crippen LogP contribution in [-0.4, -0.2) is 47.5 Å². The van der Waals surface area contributed by atoms with Crippen LogP contribution in [0.3, 0.4) is 0 Å². The molecule has 1 amide bonds. The van der Waals surface area contributed by atoms with Gasteiger partial charge in [-0.1, -0.05) is 11.6 Å². The van der Waals surface area contributed by atoms with Gasteiger partial charge in [0.05, 0.1) is 12.4 Å². The van der Waals surface area contributed by atoms with Crippen LogP contribution in [0, 0.1) is 0 Å². The van der Waals surface area contributed by atoms with Crippen LogP contribution in [0.5, 0.6) is 0 Å². The van der Waals surface area contributed by atoms with Crippen LogP contribution in [-0.2, 0) is 4.79 Å². The molecule has 1 saturated heterocycles. The van der Waals surface area contributed by atoms with Gasteiger partial charge in [0.25, 0.3) is 0 Å². The van der Waals surface area contributed by atoms with E-state index in [2.05, 4.69) is 14.9 Å². The van der Waals surface area contributed by atoms with Gasteiger partial charge in [-0.25, -0.2) is 9.97 Å². The lowest BCUT2D eigenvalue weighted by molar-refractivity contribution is -0.118. The molecule has 0 N–H and O–H groups in total. The van der Waals surface area contributed by atoms with Crippen LogP contribution in [0.1, 0.15) is 0 Å². The number of hydrogen-bond acceptors (Lipinski definition) is 4. The minimum absolute atomic E-state index is 0.394. The van der Waals surface area contributed by atoms with Crippen LogP contribution in [0.2, 0.25) is 5.15 Å². The Balaban J connectivity index is 2.01. The van der Waals surface area contributed by atoms with Crippen molar-refractivity contribution in [2.45, 2.75) is 0 Å². The van der Waals surface area contributed by atoms with E-state index in [-0.39, 0.29) is 0 Å². The number of carbonyl (C=O) groups excluding carboxylic acids is 1. The molecule has 2 rings (SSSR count). The molecule has 1 fully saturated rings. The van der Waals surface area contributed by atoms with Crippen LogP contribution in [0.25, 0.3) is 0 Å². The van der Waals surface area contributed by atoms with Gasteiger partial charge in [0, 0.05) is 26.2 Å². The molecule has 0 unspecified atom stereocenters. The molecule has 0 radical (unpaired) electrons. The van der Waals surface area contributed by atoms with Crippen molar-refractivity contribution in [3.63, 3.8) is 0 Å². The summed E-state index contributed by atoms with van der Waals surface area (Å²) in [6.45, 7) is 3.03. The lowest BCUT2D eigenvalue weighted by Gasteiger charge is -2.32. The first kappa shape index (κ1) is 10.2. The minimum Gasteiger partial charge on any atom is -0.352 e. The predicted octanol–water partition coefficient (Wildman–Crippen LogP) is 0.408. The third-order valence-corrected chi connectivity index (χ3v) is 2.59. The Bertz CT molecular complexity index is 334. The zero-order valence-electron chi connectivity index (χ0n) is 8.14. The van der Waals surface area contributed by atoms with Crippen molar-refractivity contribution in [1.29, 1.82) is 0 Å². The Kier molecular flexibility index (Phi) is 3.01. The number of piperazine rings is 1. The van der Waals surface area contributed by atoms with E-state index in [9.17, 15) is 4.79 Å². The third-order valence-electron chi connectivity index (χ3n) is 2.39. The molecule has 6 heteroatoms. The first-order valence-corrected chi connectivity index (χ1v) is 5.09. The summed E-state index contributed by atoms with van der Waals surface area (Å²) in [7, 11) is 0. The van der Waals surface area contributed by atoms with Gasteiger partial charge >= 0.3 is 0 Å². The molecule has 15 heavy (non-hydrogen) atoms. The summed E-state index contributed by atoms with van der Waals surface area (Å²) in [5, 5.41) is 0.394. The smallest absolute Gasteiger partial charge is 0.209 e. The number of amides is 1. The monoisotopic (exact) mass is 226 g/mol. The van der Waals surface area contributed by atoms with Gasteiger partial charge < -0.3 is 9.80 Å². The zero-order valence-corrected chi connectivity index (χ0v) is 8.89. The second kappa shape index (κ2) is 4.44. The molecule has 0 saturated carbocycles. The van der Waals surface area contributed by atoms with Gasteiger partial charge in [-0.2, -0.15) is 0 Å². The topological polar surface area (TPSA) is 49.3 Å². The molecule has 80 valence electrons. The number of hydrogen-bond donors (Lipinski definition) is 0. The van der Waals surface area contributed by atoms with Crippen LogP contribution in [0.15, 0.2) is 12.4 Å². The highest BCUT2D eigenvalue weighted by Gasteiger charge is 2.16. The molecule has 1 aliphatic rings. The van der Waals surface area contributed by atoms with E-state index in [0.717, 1.165) is 38.4 Å². The Morgan fingerprint density at radius 2 is 1.93 bits per heavy atom. The van der Waals surface area contributed by atoms with Crippen molar-refractivity contribution in [3.8, 4) is 0 Å². The maximum absolute atomic E-state index is 10.5. The molecule has 0 aromatic carbocycles. The highest BCUT2D eigenvalue weighted by Crippen LogP contribution is 2.12. The Labute approximate surface area is 92.7 Å². The highest BCUT2D eigenvalue weighted by atomic mass is 35.5. The number of halogens is 1. The maximum Gasteiger partial charge on any atom is 0.209 e. The summed E-state index contributed by atoms with van der Waals surface area (Å²) in [6, 6.07) is 0. The second-order valence-electron chi connectivity index (χ2n) is 3.33. The molecule has 5 nitrogen and oxygen atoms in total. The van der Waals surface area contributed by atoms with E-state index < -0.39 is 0 Å². The molecule has 2 heterocycles. The van der Waals surface area contributed by atoms with Gasteiger partial charge in [-0.3, -0.25) is 4.79 Å². The van der Waals surface area contributed by atoms with E-state index in [1.165, 1.54) is 6.20 Å². The highest BCUT2D eigenvalue weighted by molar-refractivity contribution is 6.29. The second-order valence-corrected chi connectivity index (χ2v) is 3.71. The summed E-state index contributed by atoms with van der Waals surface area (Å²) in [6.07, 6.45) is 4.06. The van der Waals surface area contributed by atoms with Gasteiger partial charge in [0.1, 0.15) is 11.0 Å². The number of carbonyl (C=O) groups is 1. The van der Waals surface area contributed by atoms with Crippen molar-refractivity contribution in [2.24, 2.45) is 0 Å². The number of anilines is 1. The molecule has 0 bridgehead atoms. The van der Waals surface area contributed by atoms with Gasteiger partial charge in [0.15, 0.2) is 0 Å². The van der Waals surface area contributed by atoms with Crippen LogP contribution >= 0.6 is 11.6 Å². The number of nitrogens with zero attached hydrogens (tertiary/aromatic N) is 4. The van der Waals surface area contributed by atoms with E-state index in [1.54, 1.807) is 11.1 Å². The first-order chi connectivity index (χ1) is 7.29. The Morgan fingerprint density at radius 3 is 2.47 bits per heavy atom. The molecule has 0 aliphatic carbocycles. The van der Waals surface area contributed by atoms with Crippen molar-refractivity contribution in [1.82, 2.24) is 14.9 Å². The number of rotatable bonds is 2. The fourth-order valence-corrected chi connectivity index (χ4v) is 1.62. The minimum atomic E-state index is 0.394. The van der Waals surface area contributed by atoms with Crippen molar-refractivity contribution in [2.75, 3.05) is 31.1 Å². The van der Waals surface area contributed by atoms with E-state index in [1.807, 2.05) is 0 Å². The largest absolute Gasteiger partial charge is 0.352 e. The molecular formula is C9H11ClN4O. The summed E-state index contributed by atoms with van der Waals surface area (Å²) >= 11 is 5.65. The standard InChI is InChI=1S/C9H11ClN4O/c10-8-5-12-9(6-11-8)14-3-1-13(7-15)2-4-14/h5-7H,1-4H2. The average molecular weight is 227 g/mol. The third kappa shape index (κ3) is 2.36. The van der Waals surface area contributed by atoms with E-state index in [0.29, 0.717) is 5.15 Å². The predicted molar refractivity (Wildman–Crippen MR) is 56.9 cm³/mol. The summed E-state index contributed by atoms with van der Waals surface area (Å²) in [5.41, 5.74) is 0. The van der Waals surface area contributed by atoms with Crippen molar-refractivity contribution >= 4 is 23.8 Å². The zero-order chi connectivity index (χ0) is 10.7. The van der Waals surface area contributed by atoms with Crippen molar-refractivity contribution < 1.29 is 4.79 Å². The van der Waals surface area contributed by atoms with E-state index >= 15 is 0 Å². The fraction of sp³-hybridized carbons (Fsp3) is 0.444. The molecule has 0 atom stereocenters. The average Bonchev–Trinajstić information content (AvgIpc) is 2.30. The molecular weight excluding hydrogens is 216 g/mol. The summed E-state index contributed by atoms with van der Waals surface area (Å²) in [5.74, 6) is 0.810. The Morgan fingerprint density at radius 1 is 1.20 bits per heavy atom. The maximum atomic E-state index is 10.5. The molecule has 1 aromatic heterocycles. The van der Waals surface area contributed by atoms with Crippen molar-refractivity contribution in [3.05, 3.63) is 17.5 Å². The molecule has 0 spiro atoms. The number of aromatic nitrogens is 2. The van der Waals surface area contributed by atoms with Gasteiger partial charge in [-0.05, 0) is 0 Å². The lowest BCUT2D eigenvalue weighted by Crippen LogP contribution is -2.46. The summed E-state index contributed by atoms with van der Waals surface area (Å²) < 4.78 is 0. The van der Waals surface area contributed by atoms with Gasteiger partial charge in [0.2, 0.25) is 6.41 Å². The van der Waals surface area contributed by atoms with Crippen LogP contribution in [0.4, 0.5) is 5.82 Å².